The number of aliphatic hydroxyl groups is 1. The van der Waals surface area contributed by atoms with E-state index in [2.05, 4.69) is 41.5 Å². The summed E-state index contributed by atoms with van der Waals surface area (Å²) in [5, 5.41) is 24.8. The molecule has 2 aromatic carbocycles. The van der Waals surface area contributed by atoms with Crippen LogP contribution in [0.15, 0.2) is 53.3 Å². The van der Waals surface area contributed by atoms with Gasteiger partial charge in [-0.25, -0.2) is 0 Å². The Morgan fingerprint density at radius 2 is 1.78 bits per heavy atom. The number of aromatic nitrogens is 1. The quantitative estimate of drug-likeness (QED) is 0.311. The Bertz CT molecular complexity index is 1290. The summed E-state index contributed by atoms with van der Waals surface area (Å²) in [4.78, 5) is 14.3. The number of aromatic hydroxyl groups is 1. The Kier molecular flexibility index (Phi) is 6.72. The highest BCUT2D eigenvalue weighted by molar-refractivity contribution is 5.87. The molecule has 0 saturated heterocycles. The number of phenols is 1. The maximum atomic E-state index is 11.6. The van der Waals surface area contributed by atoms with Crippen molar-refractivity contribution in [1.29, 1.82) is 0 Å². The molecule has 4 saturated carbocycles. The lowest BCUT2D eigenvalue weighted by Crippen LogP contribution is -2.49. The normalized spacial score (nSPS) is 27.9. The van der Waals surface area contributed by atoms with Crippen LogP contribution in [0.25, 0.3) is 10.9 Å². The molecule has 2 atom stereocenters. The minimum Gasteiger partial charge on any atom is -0.506 e. The molecule has 6 nitrogen and oxygen atoms in total. The molecular weight excluding hydrogens is 464 g/mol. The fourth-order valence-corrected chi connectivity index (χ4v) is 7.93. The lowest BCUT2D eigenvalue weighted by molar-refractivity contribution is -0.0771. The van der Waals surface area contributed by atoms with Gasteiger partial charge in [-0.3, -0.25) is 4.79 Å². The number of pyridine rings is 1. The van der Waals surface area contributed by atoms with Crippen molar-refractivity contribution in [2.75, 3.05) is 13.1 Å². The smallest absolute Gasteiger partial charge is 0.248 e. The van der Waals surface area contributed by atoms with Crippen LogP contribution in [0, 0.1) is 29.6 Å². The van der Waals surface area contributed by atoms with Crippen LogP contribution < -0.4 is 15.6 Å². The first-order chi connectivity index (χ1) is 17.9. The third kappa shape index (κ3) is 5.01. The number of benzene rings is 2. The lowest BCUT2D eigenvalue weighted by atomic mass is 9.51. The average Bonchev–Trinajstić information content (AvgIpc) is 2.86. The van der Waals surface area contributed by atoms with Crippen molar-refractivity contribution in [3.05, 3.63) is 70.0 Å². The lowest BCUT2D eigenvalue weighted by Gasteiger charge is -2.55. The number of rotatable bonds is 9. The summed E-state index contributed by atoms with van der Waals surface area (Å²) in [7, 11) is 0. The standard InChI is InChI=1S/C31H38N2O4/c1-18(30-22-12-20-11-21(14-22)15-23(30)13-20)37-24-4-2-3-19(16-24)9-10-32-17-28(35)25-5-7-27(34)31-26(25)6-8-29(36)33-31/h2-8,16,18,20-23,28,30,32,34-35H,9-15,17H2,1H3,(H,33,36)/t18?,20?,21?,22?,23?,28-,30?/m0/s1. The molecule has 0 aliphatic heterocycles. The van der Waals surface area contributed by atoms with Gasteiger partial charge in [0.2, 0.25) is 5.56 Å². The van der Waals surface area contributed by atoms with Crippen LogP contribution in [0.1, 0.15) is 56.3 Å². The van der Waals surface area contributed by atoms with Gasteiger partial charge in [-0.15, -0.1) is 0 Å². The summed E-state index contributed by atoms with van der Waals surface area (Å²) in [6.45, 7) is 3.38. The van der Waals surface area contributed by atoms with Crippen LogP contribution in [0.5, 0.6) is 11.5 Å². The topological polar surface area (TPSA) is 94.6 Å². The molecule has 0 spiro atoms. The molecule has 0 amide bonds. The summed E-state index contributed by atoms with van der Waals surface area (Å²) >= 11 is 0. The molecule has 1 heterocycles. The van der Waals surface area contributed by atoms with Gasteiger partial charge in [0.15, 0.2) is 0 Å². The van der Waals surface area contributed by atoms with E-state index in [9.17, 15) is 15.0 Å². The van der Waals surface area contributed by atoms with Gasteiger partial charge in [-0.2, -0.15) is 0 Å². The number of ether oxygens (including phenoxy) is 1. The summed E-state index contributed by atoms with van der Waals surface area (Å²) < 4.78 is 6.54. The minimum atomic E-state index is -0.759. The number of nitrogens with one attached hydrogen (secondary N) is 2. The fourth-order valence-electron chi connectivity index (χ4n) is 7.93. The van der Waals surface area contributed by atoms with E-state index >= 15 is 0 Å². The van der Waals surface area contributed by atoms with Crippen molar-refractivity contribution >= 4 is 10.9 Å². The monoisotopic (exact) mass is 502 g/mol. The number of aliphatic hydroxyl groups excluding tert-OH is 1. The molecule has 4 aliphatic carbocycles. The number of hydrogen-bond acceptors (Lipinski definition) is 5. The van der Waals surface area contributed by atoms with E-state index in [-0.39, 0.29) is 17.4 Å². The second-order valence-electron chi connectivity index (χ2n) is 11.7. The molecule has 3 aromatic rings. The highest BCUT2D eigenvalue weighted by Crippen LogP contribution is 2.57. The molecule has 4 N–H and O–H groups in total. The average molecular weight is 503 g/mol. The Hall–Kier alpha value is -2.83. The maximum Gasteiger partial charge on any atom is 0.248 e. The van der Waals surface area contributed by atoms with Crippen LogP contribution in [0.4, 0.5) is 0 Å². The third-order valence-corrected chi connectivity index (χ3v) is 9.26. The van der Waals surface area contributed by atoms with E-state index < -0.39 is 6.10 Å². The molecule has 0 radical (unpaired) electrons. The summed E-state index contributed by atoms with van der Waals surface area (Å²) in [5.74, 6) is 5.34. The summed E-state index contributed by atoms with van der Waals surface area (Å²) in [5.41, 5.74) is 1.95. The second kappa shape index (κ2) is 10.1. The number of H-pyrrole nitrogens is 1. The van der Waals surface area contributed by atoms with E-state index in [1.165, 1.54) is 49.8 Å². The molecule has 196 valence electrons. The Balaban J connectivity index is 1.02. The van der Waals surface area contributed by atoms with Gasteiger partial charge in [0.05, 0.1) is 17.7 Å². The van der Waals surface area contributed by atoms with Crippen molar-refractivity contribution in [1.82, 2.24) is 10.3 Å². The van der Waals surface area contributed by atoms with Crippen molar-refractivity contribution in [3.8, 4) is 11.5 Å². The molecule has 7 rings (SSSR count). The fraction of sp³-hybridized carbons (Fsp3) is 0.516. The summed E-state index contributed by atoms with van der Waals surface area (Å²) in [6, 6.07) is 14.7. The number of fused-ring (bicyclic) bond motifs is 1. The molecule has 1 unspecified atom stereocenters. The van der Waals surface area contributed by atoms with E-state index in [0.29, 0.717) is 28.9 Å². The van der Waals surface area contributed by atoms with E-state index in [0.717, 1.165) is 42.4 Å². The van der Waals surface area contributed by atoms with Crippen molar-refractivity contribution < 1.29 is 14.9 Å². The number of hydrogen-bond donors (Lipinski definition) is 4. The first kappa shape index (κ1) is 24.5. The van der Waals surface area contributed by atoms with Crippen LogP contribution >= 0.6 is 0 Å². The van der Waals surface area contributed by atoms with E-state index in [1.807, 2.05) is 0 Å². The molecule has 4 aliphatic rings. The number of phenolic OH excluding ortho intramolecular Hbond substituents is 1. The zero-order valence-electron chi connectivity index (χ0n) is 21.5. The van der Waals surface area contributed by atoms with Crippen molar-refractivity contribution in [3.63, 3.8) is 0 Å². The Morgan fingerprint density at radius 1 is 1.03 bits per heavy atom. The van der Waals surface area contributed by atoms with E-state index in [1.54, 1.807) is 12.1 Å². The molecule has 6 heteroatoms. The second-order valence-corrected chi connectivity index (χ2v) is 11.7. The number of aromatic amines is 1. The minimum absolute atomic E-state index is 0.00340. The predicted molar refractivity (Wildman–Crippen MR) is 145 cm³/mol. The van der Waals surface area contributed by atoms with Crippen LogP contribution in [-0.4, -0.2) is 34.4 Å². The van der Waals surface area contributed by atoms with Gasteiger partial charge in [-0.05, 0) is 111 Å². The highest BCUT2D eigenvalue weighted by Gasteiger charge is 2.50. The van der Waals surface area contributed by atoms with Crippen LogP contribution in [0.2, 0.25) is 0 Å². The van der Waals surface area contributed by atoms with Gasteiger partial charge in [-0.1, -0.05) is 18.2 Å². The van der Waals surface area contributed by atoms with Gasteiger partial charge in [0.1, 0.15) is 11.5 Å². The first-order valence-electron chi connectivity index (χ1n) is 13.9. The maximum absolute atomic E-state index is 11.6. The molecular formula is C31H38N2O4. The molecule has 4 bridgehead atoms. The van der Waals surface area contributed by atoms with Crippen molar-refractivity contribution in [2.24, 2.45) is 29.6 Å². The molecule has 37 heavy (non-hydrogen) atoms. The van der Waals surface area contributed by atoms with Crippen molar-refractivity contribution in [2.45, 2.75) is 57.7 Å². The largest absolute Gasteiger partial charge is 0.506 e. The van der Waals surface area contributed by atoms with Gasteiger partial charge in [0.25, 0.3) is 0 Å². The van der Waals surface area contributed by atoms with Crippen LogP contribution in [-0.2, 0) is 6.42 Å². The predicted octanol–water partition coefficient (Wildman–Crippen LogP) is 4.94. The SMILES string of the molecule is CC(Oc1cccc(CCNC[C@H](O)c2ccc(O)c3[nH]c(=O)ccc23)c1)C1C2CC3CC(C2)CC1C3. The first-order valence-corrected chi connectivity index (χ1v) is 13.9. The Labute approximate surface area is 218 Å². The molecule has 1 aromatic heterocycles. The zero-order valence-corrected chi connectivity index (χ0v) is 21.5. The summed E-state index contributed by atoms with van der Waals surface area (Å²) in [6.07, 6.45) is 7.48. The van der Waals surface area contributed by atoms with Gasteiger partial charge < -0.3 is 25.3 Å². The Morgan fingerprint density at radius 3 is 2.54 bits per heavy atom. The highest BCUT2D eigenvalue weighted by atomic mass is 16.5. The van der Waals surface area contributed by atoms with Crippen LogP contribution in [0.3, 0.4) is 0 Å². The third-order valence-electron chi connectivity index (χ3n) is 9.26. The van der Waals surface area contributed by atoms with E-state index in [4.69, 9.17) is 4.74 Å². The van der Waals surface area contributed by atoms with Gasteiger partial charge in [0, 0.05) is 23.9 Å². The van der Waals surface area contributed by atoms with Gasteiger partial charge >= 0.3 is 0 Å². The zero-order chi connectivity index (χ0) is 25.5. The molecule has 4 fully saturated rings.